The van der Waals surface area contributed by atoms with Crippen molar-refractivity contribution in [2.45, 2.75) is 47.5 Å². The number of hydrogen-bond donors (Lipinski definition) is 0. The molecule has 3 aromatic rings. The van der Waals surface area contributed by atoms with Crippen molar-refractivity contribution in [3.8, 4) is 22.4 Å². The molecule has 1 aromatic heterocycles. The topological polar surface area (TPSA) is 3.88 Å². The number of pyridine rings is 1. The normalized spacial score (nSPS) is 11.2. The van der Waals surface area contributed by atoms with E-state index in [1.54, 1.807) is 0 Å². The molecular formula is C25H30N+. The molecule has 1 heterocycles. The van der Waals surface area contributed by atoms with Crippen LogP contribution in [-0.4, -0.2) is 0 Å². The number of aryl methyl sites for hydroxylation is 4. The summed E-state index contributed by atoms with van der Waals surface area (Å²) in [4.78, 5) is 0. The van der Waals surface area contributed by atoms with Gasteiger partial charge in [-0.3, -0.25) is 0 Å². The molecule has 0 saturated carbocycles. The smallest absolute Gasteiger partial charge is 0.201 e. The molecule has 0 radical (unpaired) electrons. The third-order valence-corrected chi connectivity index (χ3v) is 5.50. The quantitative estimate of drug-likeness (QED) is 0.498. The van der Waals surface area contributed by atoms with Gasteiger partial charge in [-0.25, -0.2) is 4.57 Å². The molecule has 3 rings (SSSR count). The molecule has 134 valence electrons. The Labute approximate surface area is 158 Å². The van der Waals surface area contributed by atoms with Crippen LogP contribution >= 0.6 is 0 Å². The van der Waals surface area contributed by atoms with Crippen LogP contribution in [0.4, 0.5) is 0 Å². The summed E-state index contributed by atoms with van der Waals surface area (Å²) in [6.45, 7) is 13.4. The average molecular weight is 345 g/mol. The zero-order valence-electron chi connectivity index (χ0n) is 17.1. The molecule has 1 heteroatoms. The van der Waals surface area contributed by atoms with Crippen molar-refractivity contribution in [3.63, 3.8) is 0 Å². The molecule has 0 spiro atoms. The van der Waals surface area contributed by atoms with E-state index in [4.69, 9.17) is 0 Å². The van der Waals surface area contributed by atoms with Crippen LogP contribution in [0.25, 0.3) is 22.4 Å². The lowest BCUT2D eigenvalue weighted by Crippen LogP contribution is -2.32. The largest absolute Gasteiger partial charge is 0.212 e. The predicted octanol–water partition coefficient (Wildman–Crippen LogP) is 6.20. The van der Waals surface area contributed by atoms with Gasteiger partial charge in [-0.15, -0.1) is 0 Å². The summed E-state index contributed by atoms with van der Waals surface area (Å²) < 4.78 is 2.26. The number of benzene rings is 2. The first-order valence-corrected chi connectivity index (χ1v) is 9.48. The van der Waals surface area contributed by atoms with Crippen LogP contribution in [-0.2, 0) is 7.05 Å². The maximum Gasteiger partial charge on any atom is 0.212 e. The Kier molecular flexibility index (Phi) is 5.00. The third-order valence-electron chi connectivity index (χ3n) is 5.50. The number of hydrogen-bond acceptors (Lipinski definition) is 0. The monoisotopic (exact) mass is 344 g/mol. The Balaban J connectivity index is 2.25. The summed E-state index contributed by atoms with van der Waals surface area (Å²) in [5, 5.41) is 0. The minimum absolute atomic E-state index is 0.525. The fourth-order valence-corrected chi connectivity index (χ4v) is 4.11. The molecular weight excluding hydrogens is 314 g/mol. The number of aromatic nitrogens is 1. The van der Waals surface area contributed by atoms with Gasteiger partial charge in [-0.2, -0.15) is 0 Å². The van der Waals surface area contributed by atoms with Crippen molar-refractivity contribution in [1.29, 1.82) is 0 Å². The molecule has 0 N–H and O–H groups in total. The Morgan fingerprint density at radius 2 is 1.35 bits per heavy atom. The van der Waals surface area contributed by atoms with Gasteiger partial charge in [0.1, 0.15) is 7.05 Å². The van der Waals surface area contributed by atoms with Gasteiger partial charge in [0, 0.05) is 17.2 Å². The zero-order chi connectivity index (χ0) is 19.0. The first kappa shape index (κ1) is 18.4. The molecule has 0 atom stereocenters. The van der Waals surface area contributed by atoms with Gasteiger partial charge in [0.25, 0.3) is 0 Å². The third kappa shape index (κ3) is 3.19. The molecule has 0 fully saturated rings. The minimum Gasteiger partial charge on any atom is -0.201 e. The number of rotatable bonds is 3. The lowest BCUT2D eigenvalue weighted by atomic mass is 9.89. The van der Waals surface area contributed by atoms with E-state index < -0.39 is 0 Å². The Bertz CT molecular complexity index is 944. The van der Waals surface area contributed by atoms with Gasteiger partial charge in [-0.05, 0) is 73.1 Å². The standard InChI is InChI=1S/C25H30N/c1-16(2)23-14-24(26(7)15-19(23)5)21-12-9-13-22(20(21)6)25-17(3)10-8-11-18(25)4/h8-16H,1-7H3/q+1. The summed E-state index contributed by atoms with van der Waals surface area (Å²) in [7, 11) is 2.15. The van der Waals surface area contributed by atoms with Crippen molar-refractivity contribution in [3.05, 3.63) is 76.5 Å². The van der Waals surface area contributed by atoms with Crippen molar-refractivity contribution < 1.29 is 4.57 Å². The van der Waals surface area contributed by atoms with E-state index in [9.17, 15) is 0 Å². The molecule has 0 aliphatic rings. The summed E-state index contributed by atoms with van der Waals surface area (Å²) >= 11 is 0. The molecule has 26 heavy (non-hydrogen) atoms. The first-order valence-electron chi connectivity index (χ1n) is 9.48. The van der Waals surface area contributed by atoms with E-state index in [2.05, 4.69) is 102 Å². The molecule has 0 amide bonds. The number of nitrogens with zero attached hydrogens (tertiary/aromatic N) is 1. The van der Waals surface area contributed by atoms with Crippen LogP contribution in [0.2, 0.25) is 0 Å². The van der Waals surface area contributed by atoms with Gasteiger partial charge in [0.05, 0.1) is 0 Å². The van der Waals surface area contributed by atoms with Crippen LogP contribution in [0.1, 0.15) is 47.6 Å². The maximum atomic E-state index is 2.37. The Morgan fingerprint density at radius 1 is 0.769 bits per heavy atom. The van der Waals surface area contributed by atoms with Gasteiger partial charge >= 0.3 is 0 Å². The molecule has 0 aliphatic carbocycles. The molecule has 1 nitrogen and oxygen atoms in total. The van der Waals surface area contributed by atoms with Crippen LogP contribution in [0, 0.1) is 27.7 Å². The minimum atomic E-state index is 0.525. The van der Waals surface area contributed by atoms with Gasteiger partial charge in [-0.1, -0.05) is 44.2 Å². The van der Waals surface area contributed by atoms with E-state index in [1.807, 2.05) is 0 Å². The summed E-state index contributed by atoms with van der Waals surface area (Å²) in [6.07, 6.45) is 2.26. The highest BCUT2D eigenvalue weighted by Gasteiger charge is 2.19. The highest BCUT2D eigenvalue weighted by Crippen LogP contribution is 2.35. The fourth-order valence-electron chi connectivity index (χ4n) is 4.11. The van der Waals surface area contributed by atoms with Gasteiger partial charge in [0.2, 0.25) is 5.69 Å². The first-order chi connectivity index (χ1) is 12.3. The van der Waals surface area contributed by atoms with E-state index in [-0.39, 0.29) is 0 Å². The lowest BCUT2D eigenvalue weighted by Gasteiger charge is -2.16. The van der Waals surface area contributed by atoms with Gasteiger partial charge < -0.3 is 0 Å². The molecule has 0 unspecified atom stereocenters. The lowest BCUT2D eigenvalue weighted by molar-refractivity contribution is -0.660. The highest BCUT2D eigenvalue weighted by atomic mass is 14.9. The predicted molar refractivity (Wildman–Crippen MR) is 112 cm³/mol. The highest BCUT2D eigenvalue weighted by molar-refractivity contribution is 5.79. The second-order valence-corrected chi connectivity index (χ2v) is 7.81. The van der Waals surface area contributed by atoms with E-state index in [1.165, 1.54) is 50.2 Å². The SMILES string of the molecule is Cc1c[n+](C)c(-c2cccc(-c3c(C)cccc3C)c2C)cc1C(C)C. The molecule has 0 aliphatic heterocycles. The summed E-state index contributed by atoms with van der Waals surface area (Å²) in [6, 6.07) is 15.6. The van der Waals surface area contributed by atoms with Gasteiger partial charge in [0.15, 0.2) is 6.20 Å². The van der Waals surface area contributed by atoms with Crippen molar-refractivity contribution in [1.82, 2.24) is 0 Å². The van der Waals surface area contributed by atoms with Crippen LogP contribution in [0.5, 0.6) is 0 Å². The molecule has 0 saturated heterocycles. The summed E-state index contributed by atoms with van der Waals surface area (Å²) in [5.41, 5.74) is 12.1. The van der Waals surface area contributed by atoms with Crippen molar-refractivity contribution in [2.75, 3.05) is 0 Å². The molecule has 0 bridgehead atoms. The molecule has 2 aromatic carbocycles. The summed E-state index contributed by atoms with van der Waals surface area (Å²) in [5.74, 6) is 0.525. The van der Waals surface area contributed by atoms with Crippen LogP contribution < -0.4 is 4.57 Å². The fraction of sp³-hybridized carbons (Fsp3) is 0.320. The Morgan fingerprint density at radius 3 is 1.96 bits per heavy atom. The second kappa shape index (κ2) is 7.07. The van der Waals surface area contributed by atoms with E-state index >= 15 is 0 Å². The van der Waals surface area contributed by atoms with Crippen molar-refractivity contribution in [2.24, 2.45) is 7.05 Å². The average Bonchev–Trinajstić information content (AvgIpc) is 2.56. The van der Waals surface area contributed by atoms with Crippen LogP contribution in [0.3, 0.4) is 0 Å². The Hall–Kier alpha value is -2.41. The van der Waals surface area contributed by atoms with Crippen LogP contribution in [0.15, 0.2) is 48.7 Å². The van der Waals surface area contributed by atoms with E-state index in [0.29, 0.717) is 5.92 Å². The zero-order valence-corrected chi connectivity index (χ0v) is 17.1. The second-order valence-electron chi connectivity index (χ2n) is 7.81. The maximum absolute atomic E-state index is 2.37. The van der Waals surface area contributed by atoms with E-state index in [0.717, 1.165) is 0 Å². The van der Waals surface area contributed by atoms with Crippen molar-refractivity contribution >= 4 is 0 Å².